The van der Waals surface area contributed by atoms with E-state index in [2.05, 4.69) is 9.88 Å². The Kier molecular flexibility index (Phi) is 3.47. The van der Waals surface area contributed by atoms with Crippen molar-refractivity contribution >= 4 is 5.97 Å². The van der Waals surface area contributed by atoms with Crippen molar-refractivity contribution in [3.05, 3.63) is 17.3 Å². The summed E-state index contributed by atoms with van der Waals surface area (Å²) in [7, 11) is 2.01. The number of hydrogen-bond donors (Lipinski definition) is 1. The molecule has 1 atom stereocenters. The molecule has 5 heteroatoms. The van der Waals surface area contributed by atoms with Gasteiger partial charge in [-0.3, -0.25) is 4.90 Å². The summed E-state index contributed by atoms with van der Waals surface area (Å²) in [5, 5.41) is 9.14. The average molecular weight is 238 g/mol. The lowest BCUT2D eigenvalue weighted by molar-refractivity contribution is 0.0653. The summed E-state index contributed by atoms with van der Waals surface area (Å²) in [6.45, 7) is 2.89. The van der Waals surface area contributed by atoms with Crippen LogP contribution in [-0.4, -0.2) is 34.6 Å². The van der Waals surface area contributed by atoms with Crippen molar-refractivity contribution in [2.24, 2.45) is 0 Å². The van der Waals surface area contributed by atoms with Gasteiger partial charge in [0.15, 0.2) is 5.89 Å². The van der Waals surface area contributed by atoms with Gasteiger partial charge < -0.3 is 9.52 Å². The van der Waals surface area contributed by atoms with Gasteiger partial charge in [-0.1, -0.05) is 13.3 Å². The summed E-state index contributed by atoms with van der Waals surface area (Å²) in [5.41, 5.74) is 0.594. The Hall–Kier alpha value is -1.36. The molecule has 0 aliphatic carbocycles. The third-order valence-corrected chi connectivity index (χ3v) is 3.28. The first kappa shape index (κ1) is 12.1. The molecular formula is C12H18N2O3. The lowest BCUT2D eigenvalue weighted by atomic mass is 9.99. The van der Waals surface area contributed by atoms with Crippen molar-refractivity contribution in [2.75, 3.05) is 13.6 Å². The zero-order chi connectivity index (χ0) is 12.4. The van der Waals surface area contributed by atoms with Crippen LogP contribution in [0, 0.1) is 0 Å². The Bertz CT molecular complexity index is 414. The highest BCUT2D eigenvalue weighted by molar-refractivity contribution is 5.85. The average Bonchev–Trinajstić information content (AvgIpc) is 2.73. The van der Waals surface area contributed by atoms with E-state index < -0.39 is 5.97 Å². The van der Waals surface area contributed by atoms with Gasteiger partial charge in [0, 0.05) is 6.42 Å². The quantitative estimate of drug-likeness (QED) is 0.873. The molecule has 1 N–H and O–H groups in total. The van der Waals surface area contributed by atoms with E-state index >= 15 is 0 Å². The largest absolute Gasteiger partial charge is 0.475 e. The number of carboxylic acid groups (broad SMARTS) is 1. The van der Waals surface area contributed by atoms with Gasteiger partial charge in [0.1, 0.15) is 5.69 Å². The number of likely N-dealkylation sites (tertiary alicyclic amines) is 1. The van der Waals surface area contributed by atoms with Gasteiger partial charge in [-0.2, -0.15) is 0 Å². The van der Waals surface area contributed by atoms with Crippen LogP contribution in [0.25, 0.3) is 0 Å². The summed E-state index contributed by atoms with van der Waals surface area (Å²) >= 11 is 0. The molecule has 17 heavy (non-hydrogen) atoms. The summed E-state index contributed by atoms with van der Waals surface area (Å²) in [6, 6.07) is 0.0823. The highest BCUT2D eigenvalue weighted by Crippen LogP contribution is 2.31. The molecule has 0 aromatic carbocycles. The molecule has 1 aromatic heterocycles. The van der Waals surface area contributed by atoms with Crippen molar-refractivity contribution in [1.29, 1.82) is 0 Å². The van der Waals surface area contributed by atoms with E-state index in [-0.39, 0.29) is 11.8 Å². The van der Waals surface area contributed by atoms with E-state index in [1.165, 1.54) is 0 Å². The van der Waals surface area contributed by atoms with Crippen molar-refractivity contribution in [2.45, 2.75) is 38.6 Å². The van der Waals surface area contributed by atoms with Crippen LogP contribution in [0.3, 0.4) is 0 Å². The van der Waals surface area contributed by atoms with Gasteiger partial charge >= 0.3 is 5.97 Å². The molecule has 5 nitrogen and oxygen atoms in total. The molecule has 0 saturated carbocycles. The summed E-state index contributed by atoms with van der Waals surface area (Å²) in [6.07, 6.45) is 3.85. The number of hydrogen-bond acceptors (Lipinski definition) is 4. The molecular weight excluding hydrogens is 220 g/mol. The van der Waals surface area contributed by atoms with E-state index in [9.17, 15) is 4.79 Å². The highest BCUT2D eigenvalue weighted by Gasteiger charge is 2.30. The zero-order valence-electron chi connectivity index (χ0n) is 10.3. The van der Waals surface area contributed by atoms with Gasteiger partial charge in [0.2, 0.25) is 5.76 Å². The van der Waals surface area contributed by atoms with E-state index in [4.69, 9.17) is 9.52 Å². The van der Waals surface area contributed by atoms with Crippen LogP contribution < -0.4 is 0 Å². The molecule has 0 spiro atoms. The fourth-order valence-electron chi connectivity index (χ4n) is 2.33. The molecule has 2 heterocycles. The number of oxazole rings is 1. The van der Waals surface area contributed by atoms with Gasteiger partial charge in [-0.05, 0) is 26.4 Å². The lowest BCUT2D eigenvalue weighted by Gasteiger charge is -2.31. The molecule has 1 aromatic rings. The first-order valence-corrected chi connectivity index (χ1v) is 6.06. The van der Waals surface area contributed by atoms with Gasteiger partial charge in [0.05, 0.1) is 6.04 Å². The number of nitrogens with zero attached hydrogens (tertiary/aromatic N) is 2. The van der Waals surface area contributed by atoms with Gasteiger partial charge in [-0.15, -0.1) is 0 Å². The molecule has 0 bridgehead atoms. The van der Waals surface area contributed by atoms with E-state index in [0.29, 0.717) is 18.0 Å². The standard InChI is InChI=1S/C12H18N2O3/c1-3-9-13-10(11(17-9)12(15)16)8-6-4-5-7-14(8)2/h8H,3-7H2,1-2H3,(H,15,16). The minimum Gasteiger partial charge on any atom is -0.475 e. The van der Waals surface area contributed by atoms with Crippen molar-refractivity contribution in [3.8, 4) is 0 Å². The van der Waals surface area contributed by atoms with Crippen molar-refractivity contribution in [1.82, 2.24) is 9.88 Å². The van der Waals surface area contributed by atoms with Crippen LogP contribution in [-0.2, 0) is 6.42 Å². The maximum atomic E-state index is 11.1. The lowest BCUT2D eigenvalue weighted by Crippen LogP contribution is -2.30. The number of rotatable bonds is 3. The van der Waals surface area contributed by atoms with Crippen molar-refractivity contribution in [3.63, 3.8) is 0 Å². The zero-order valence-corrected chi connectivity index (χ0v) is 10.3. The number of aryl methyl sites for hydroxylation is 1. The monoisotopic (exact) mass is 238 g/mol. The van der Waals surface area contributed by atoms with Crippen LogP contribution in [0.15, 0.2) is 4.42 Å². The van der Waals surface area contributed by atoms with Crippen molar-refractivity contribution < 1.29 is 14.3 Å². The third kappa shape index (κ3) is 2.34. The second-order valence-corrected chi connectivity index (χ2v) is 4.47. The number of carboxylic acids is 1. The van der Waals surface area contributed by atoms with Gasteiger partial charge in [-0.25, -0.2) is 9.78 Å². The molecule has 1 aliphatic rings. The molecule has 94 valence electrons. The molecule has 1 aliphatic heterocycles. The summed E-state index contributed by atoms with van der Waals surface area (Å²) < 4.78 is 5.29. The van der Waals surface area contributed by atoms with E-state index in [1.54, 1.807) is 0 Å². The maximum absolute atomic E-state index is 11.1. The van der Waals surface area contributed by atoms with E-state index in [0.717, 1.165) is 25.8 Å². The molecule has 1 unspecified atom stereocenters. The maximum Gasteiger partial charge on any atom is 0.373 e. The predicted molar refractivity (Wildman–Crippen MR) is 62.1 cm³/mol. The molecule has 0 amide bonds. The van der Waals surface area contributed by atoms with Crippen LogP contribution in [0.5, 0.6) is 0 Å². The van der Waals surface area contributed by atoms with E-state index in [1.807, 2.05) is 14.0 Å². The smallest absolute Gasteiger partial charge is 0.373 e. The first-order valence-electron chi connectivity index (χ1n) is 6.06. The fourth-order valence-corrected chi connectivity index (χ4v) is 2.33. The number of aromatic nitrogens is 1. The molecule has 0 radical (unpaired) electrons. The second kappa shape index (κ2) is 4.87. The Labute approximate surface area is 100 Å². The van der Waals surface area contributed by atoms with Crippen LogP contribution >= 0.6 is 0 Å². The minimum atomic E-state index is -1.02. The van der Waals surface area contributed by atoms with Gasteiger partial charge in [0.25, 0.3) is 0 Å². The Morgan fingerprint density at radius 1 is 1.59 bits per heavy atom. The Morgan fingerprint density at radius 2 is 2.35 bits per heavy atom. The number of piperidine rings is 1. The van der Waals surface area contributed by atoms with Crippen LogP contribution in [0.4, 0.5) is 0 Å². The fraction of sp³-hybridized carbons (Fsp3) is 0.667. The Balaban J connectivity index is 2.35. The minimum absolute atomic E-state index is 0.0144. The number of aromatic carboxylic acids is 1. The predicted octanol–water partition coefficient (Wildman–Crippen LogP) is 2.09. The number of carbonyl (C=O) groups is 1. The molecule has 1 saturated heterocycles. The highest BCUT2D eigenvalue weighted by atomic mass is 16.4. The topological polar surface area (TPSA) is 66.6 Å². The second-order valence-electron chi connectivity index (χ2n) is 4.47. The molecule has 2 rings (SSSR count). The normalized spacial score (nSPS) is 21.6. The Morgan fingerprint density at radius 3 is 2.94 bits per heavy atom. The third-order valence-electron chi connectivity index (χ3n) is 3.28. The van der Waals surface area contributed by atoms with Crippen LogP contribution in [0.2, 0.25) is 0 Å². The SMILES string of the molecule is CCc1nc(C2CCCCN2C)c(C(=O)O)o1. The molecule has 1 fully saturated rings. The van der Waals surface area contributed by atoms with Crippen LogP contribution in [0.1, 0.15) is 54.4 Å². The first-order chi connectivity index (χ1) is 8.13. The summed E-state index contributed by atoms with van der Waals surface area (Å²) in [5.74, 6) is -0.497. The summed E-state index contributed by atoms with van der Waals surface area (Å²) in [4.78, 5) is 17.6.